The summed E-state index contributed by atoms with van der Waals surface area (Å²) in [5.74, 6) is 0.0381. The number of para-hydroxylation sites is 2. The molecule has 2 aliphatic heterocycles. The molecule has 0 bridgehead atoms. The standard InChI is InChI=1S/C24H26N4O2/c1-16-22(17(2)28(26-16)18-9-4-3-5-10-18)23-25-21-13-7-6-12-20(21)24(29)27(23)15-19-11-8-14-30-19/h3-7,9-10,12-13,19,23,25H,8,11,14-15H2,1-2H3/t19-,23-/m0/s1. The number of nitrogens with one attached hydrogen (secondary N) is 1. The van der Waals surface area contributed by atoms with Gasteiger partial charge in [-0.2, -0.15) is 5.10 Å². The van der Waals surface area contributed by atoms with Gasteiger partial charge < -0.3 is 15.0 Å². The number of carbonyl (C=O) groups is 1. The first-order valence-electron chi connectivity index (χ1n) is 10.5. The maximum Gasteiger partial charge on any atom is 0.257 e. The first kappa shape index (κ1) is 18.9. The number of carbonyl (C=O) groups excluding carboxylic acids is 1. The summed E-state index contributed by atoms with van der Waals surface area (Å²) in [7, 11) is 0. The van der Waals surface area contributed by atoms with Gasteiger partial charge in [-0.05, 0) is 51.0 Å². The molecule has 1 amide bonds. The van der Waals surface area contributed by atoms with Crippen LogP contribution in [0.25, 0.3) is 5.69 Å². The molecule has 3 aromatic rings. The largest absolute Gasteiger partial charge is 0.376 e. The Kier molecular flexibility index (Phi) is 4.79. The van der Waals surface area contributed by atoms with Crippen molar-refractivity contribution in [2.75, 3.05) is 18.5 Å². The third-order valence-corrected chi connectivity index (χ3v) is 6.07. The fourth-order valence-electron chi connectivity index (χ4n) is 4.59. The van der Waals surface area contributed by atoms with Crippen LogP contribution in [-0.2, 0) is 4.74 Å². The quantitative estimate of drug-likeness (QED) is 0.709. The average molecular weight is 402 g/mol. The van der Waals surface area contributed by atoms with Gasteiger partial charge in [0.25, 0.3) is 5.91 Å². The normalized spacial score (nSPS) is 20.9. The summed E-state index contributed by atoms with van der Waals surface area (Å²) in [6, 6.07) is 17.8. The lowest BCUT2D eigenvalue weighted by atomic mass is 10.0. The Hall–Kier alpha value is -3.12. The van der Waals surface area contributed by atoms with Crippen molar-refractivity contribution in [2.24, 2.45) is 0 Å². The van der Waals surface area contributed by atoms with E-state index >= 15 is 0 Å². The van der Waals surface area contributed by atoms with Crippen LogP contribution in [0.5, 0.6) is 0 Å². The van der Waals surface area contributed by atoms with Gasteiger partial charge >= 0.3 is 0 Å². The Labute approximate surface area is 176 Å². The molecule has 0 saturated carbocycles. The zero-order valence-electron chi connectivity index (χ0n) is 17.3. The predicted octanol–water partition coefficient (Wildman–Crippen LogP) is 4.23. The second kappa shape index (κ2) is 7.61. The van der Waals surface area contributed by atoms with E-state index in [0.29, 0.717) is 12.1 Å². The summed E-state index contributed by atoms with van der Waals surface area (Å²) in [5, 5.41) is 8.42. The van der Waals surface area contributed by atoms with E-state index < -0.39 is 0 Å². The molecule has 2 aromatic carbocycles. The van der Waals surface area contributed by atoms with Crippen LogP contribution in [0.3, 0.4) is 0 Å². The van der Waals surface area contributed by atoms with Crippen molar-refractivity contribution in [2.45, 2.75) is 39.0 Å². The molecule has 1 saturated heterocycles. The van der Waals surface area contributed by atoms with Gasteiger partial charge in [-0.3, -0.25) is 4.79 Å². The highest BCUT2D eigenvalue weighted by molar-refractivity contribution is 6.01. The SMILES string of the molecule is Cc1nn(-c2ccccc2)c(C)c1[C@H]1Nc2ccccc2C(=O)N1C[C@@H]1CCCO1. The molecule has 3 heterocycles. The van der Waals surface area contributed by atoms with Gasteiger partial charge in [0, 0.05) is 30.1 Å². The van der Waals surface area contributed by atoms with E-state index in [0.717, 1.165) is 47.8 Å². The van der Waals surface area contributed by atoms with E-state index in [9.17, 15) is 4.79 Å². The summed E-state index contributed by atoms with van der Waals surface area (Å²) >= 11 is 0. The Morgan fingerprint density at radius 2 is 1.87 bits per heavy atom. The number of anilines is 1. The lowest BCUT2D eigenvalue weighted by Gasteiger charge is -2.39. The first-order chi connectivity index (χ1) is 14.6. The molecule has 5 rings (SSSR count). The molecule has 154 valence electrons. The Bertz CT molecular complexity index is 1070. The zero-order chi connectivity index (χ0) is 20.7. The van der Waals surface area contributed by atoms with E-state index in [1.807, 2.05) is 71.1 Å². The summed E-state index contributed by atoms with van der Waals surface area (Å²) < 4.78 is 7.83. The fourth-order valence-corrected chi connectivity index (χ4v) is 4.59. The number of fused-ring (bicyclic) bond motifs is 1. The molecule has 6 heteroatoms. The van der Waals surface area contributed by atoms with Crippen LogP contribution in [0.15, 0.2) is 54.6 Å². The van der Waals surface area contributed by atoms with E-state index in [1.165, 1.54) is 0 Å². The van der Waals surface area contributed by atoms with Crippen molar-refractivity contribution in [1.29, 1.82) is 0 Å². The first-order valence-corrected chi connectivity index (χ1v) is 10.5. The molecular weight excluding hydrogens is 376 g/mol. The van der Waals surface area contributed by atoms with Gasteiger partial charge in [0.2, 0.25) is 0 Å². The van der Waals surface area contributed by atoms with Crippen LogP contribution in [0.1, 0.15) is 46.3 Å². The van der Waals surface area contributed by atoms with Gasteiger partial charge in [-0.1, -0.05) is 30.3 Å². The van der Waals surface area contributed by atoms with Crippen LogP contribution in [-0.4, -0.2) is 39.8 Å². The van der Waals surface area contributed by atoms with E-state index in [-0.39, 0.29) is 18.2 Å². The van der Waals surface area contributed by atoms with Crippen LogP contribution in [0.4, 0.5) is 5.69 Å². The molecule has 0 spiro atoms. The molecule has 1 aromatic heterocycles. The maximum atomic E-state index is 13.5. The van der Waals surface area contributed by atoms with Crippen molar-refractivity contribution < 1.29 is 9.53 Å². The molecule has 2 aliphatic rings. The molecule has 0 aliphatic carbocycles. The minimum absolute atomic E-state index is 0.0381. The van der Waals surface area contributed by atoms with Gasteiger partial charge in [0.15, 0.2) is 0 Å². The number of aromatic nitrogens is 2. The molecule has 1 fully saturated rings. The summed E-state index contributed by atoms with van der Waals surface area (Å²) in [6.45, 7) is 5.42. The summed E-state index contributed by atoms with van der Waals surface area (Å²) in [5.41, 5.74) is 5.57. The second-order valence-corrected chi connectivity index (χ2v) is 8.02. The van der Waals surface area contributed by atoms with Crippen molar-refractivity contribution in [3.63, 3.8) is 0 Å². The number of rotatable bonds is 4. The summed E-state index contributed by atoms with van der Waals surface area (Å²) in [4.78, 5) is 15.4. The van der Waals surface area contributed by atoms with Crippen LogP contribution in [0.2, 0.25) is 0 Å². The van der Waals surface area contributed by atoms with E-state index in [4.69, 9.17) is 9.84 Å². The van der Waals surface area contributed by atoms with Crippen molar-refractivity contribution in [3.05, 3.63) is 77.1 Å². The molecule has 0 unspecified atom stereocenters. The topological polar surface area (TPSA) is 59.4 Å². The molecule has 6 nitrogen and oxygen atoms in total. The van der Waals surface area contributed by atoms with Gasteiger partial charge in [0.05, 0.1) is 23.0 Å². The highest BCUT2D eigenvalue weighted by Gasteiger charge is 2.37. The van der Waals surface area contributed by atoms with Crippen LogP contribution < -0.4 is 5.32 Å². The highest BCUT2D eigenvalue weighted by Crippen LogP contribution is 2.37. The number of hydrogen-bond donors (Lipinski definition) is 1. The van der Waals surface area contributed by atoms with Crippen LogP contribution >= 0.6 is 0 Å². The van der Waals surface area contributed by atoms with Gasteiger partial charge in [-0.25, -0.2) is 4.68 Å². The third-order valence-electron chi connectivity index (χ3n) is 6.07. The Morgan fingerprint density at radius 1 is 1.10 bits per heavy atom. The smallest absolute Gasteiger partial charge is 0.257 e. The minimum Gasteiger partial charge on any atom is -0.376 e. The summed E-state index contributed by atoms with van der Waals surface area (Å²) in [6.07, 6.45) is 1.83. The monoisotopic (exact) mass is 402 g/mol. The molecule has 30 heavy (non-hydrogen) atoms. The molecule has 2 atom stereocenters. The molecule has 1 N–H and O–H groups in total. The number of ether oxygens (including phenoxy) is 1. The zero-order valence-corrected chi connectivity index (χ0v) is 17.3. The maximum absolute atomic E-state index is 13.5. The Balaban J connectivity index is 1.59. The minimum atomic E-state index is -0.283. The van der Waals surface area contributed by atoms with E-state index in [2.05, 4.69) is 12.2 Å². The third kappa shape index (κ3) is 3.17. The predicted molar refractivity (Wildman–Crippen MR) is 116 cm³/mol. The number of amides is 1. The van der Waals surface area contributed by atoms with Crippen molar-refractivity contribution >= 4 is 11.6 Å². The van der Waals surface area contributed by atoms with Gasteiger partial charge in [0.1, 0.15) is 6.17 Å². The lowest BCUT2D eigenvalue weighted by Crippen LogP contribution is -2.46. The average Bonchev–Trinajstić information content (AvgIpc) is 3.38. The molecule has 0 radical (unpaired) electrons. The number of benzene rings is 2. The number of nitrogens with zero attached hydrogens (tertiary/aromatic N) is 3. The highest BCUT2D eigenvalue weighted by atomic mass is 16.5. The second-order valence-electron chi connectivity index (χ2n) is 8.02. The van der Waals surface area contributed by atoms with Crippen LogP contribution in [0, 0.1) is 13.8 Å². The Morgan fingerprint density at radius 3 is 2.63 bits per heavy atom. The lowest BCUT2D eigenvalue weighted by molar-refractivity contribution is 0.0426. The molecular formula is C24H26N4O2. The number of aryl methyl sites for hydroxylation is 1. The van der Waals surface area contributed by atoms with E-state index in [1.54, 1.807) is 0 Å². The number of hydrogen-bond acceptors (Lipinski definition) is 4. The van der Waals surface area contributed by atoms with Gasteiger partial charge in [-0.15, -0.1) is 0 Å². The fraction of sp³-hybridized carbons (Fsp3) is 0.333. The van der Waals surface area contributed by atoms with Crippen molar-refractivity contribution in [3.8, 4) is 5.69 Å². The van der Waals surface area contributed by atoms with Crippen molar-refractivity contribution in [1.82, 2.24) is 14.7 Å².